The molecule has 0 aliphatic rings. The topological polar surface area (TPSA) is 35.0 Å². The van der Waals surface area contributed by atoms with E-state index in [4.69, 9.17) is 4.74 Å². The van der Waals surface area contributed by atoms with Crippen molar-refractivity contribution in [2.45, 2.75) is 123 Å². The number of hydrogen-bond donors (Lipinski definition) is 0. The van der Waals surface area contributed by atoms with Crippen LogP contribution < -0.4 is 4.74 Å². The Morgan fingerprint density at radius 3 is 1.89 bits per heavy atom. The van der Waals surface area contributed by atoms with Crippen LogP contribution in [0.3, 0.4) is 0 Å². The lowest BCUT2D eigenvalue weighted by molar-refractivity contribution is 0.168. The first kappa shape index (κ1) is 29.2. The summed E-state index contributed by atoms with van der Waals surface area (Å²) in [5, 5.41) is 0. The zero-order valence-corrected chi connectivity index (χ0v) is 22.0. The SMILES string of the molecule is CCCCCCCCCCCc1cnc(-c2ccc(OCC(F)CCC(F)CCCC)cc2)nc1. The van der Waals surface area contributed by atoms with Crippen LogP contribution in [0.1, 0.15) is 109 Å². The largest absolute Gasteiger partial charge is 0.491 e. The van der Waals surface area contributed by atoms with Crippen LogP contribution in [-0.4, -0.2) is 28.9 Å². The van der Waals surface area contributed by atoms with Crippen molar-refractivity contribution in [1.82, 2.24) is 9.97 Å². The van der Waals surface area contributed by atoms with Crippen molar-refractivity contribution in [3.63, 3.8) is 0 Å². The molecule has 0 saturated carbocycles. The standard InChI is InChI=1S/C30H46F2N2O/c1-3-5-7-8-9-10-11-12-13-14-25-22-33-30(34-23-25)26-16-20-29(21-17-26)35-24-28(32)19-18-27(31)15-6-4-2/h16-17,20-23,27-28H,3-15,18-19,24H2,1-2H3. The Hall–Kier alpha value is -2.04. The highest BCUT2D eigenvalue weighted by Crippen LogP contribution is 2.21. The van der Waals surface area contributed by atoms with E-state index in [1.807, 2.05) is 31.5 Å². The van der Waals surface area contributed by atoms with Crippen molar-refractivity contribution >= 4 is 0 Å². The summed E-state index contributed by atoms with van der Waals surface area (Å²) in [4.78, 5) is 9.05. The molecule has 2 aromatic rings. The maximum Gasteiger partial charge on any atom is 0.159 e. The molecular weight excluding hydrogens is 442 g/mol. The third-order valence-corrected chi connectivity index (χ3v) is 6.48. The van der Waals surface area contributed by atoms with Crippen LogP contribution in [0.15, 0.2) is 36.7 Å². The minimum atomic E-state index is -1.16. The van der Waals surface area contributed by atoms with E-state index < -0.39 is 12.3 Å². The first-order chi connectivity index (χ1) is 17.1. The second-order valence-corrected chi connectivity index (χ2v) is 9.74. The Balaban J connectivity index is 1.64. The summed E-state index contributed by atoms with van der Waals surface area (Å²) in [5.74, 6) is 1.28. The summed E-state index contributed by atoms with van der Waals surface area (Å²) in [6, 6.07) is 7.39. The van der Waals surface area contributed by atoms with E-state index in [9.17, 15) is 8.78 Å². The second kappa shape index (κ2) is 18.3. The number of hydrogen-bond acceptors (Lipinski definition) is 3. The maximum absolute atomic E-state index is 14.0. The molecular formula is C30H46F2N2O. The molecule has 5 heteroatoms. The van der Waals surface area contributed by atoms with Gasteiger partial charge < -0.3 is 4.74 Å². The number of aromatic nitrogens is 2. The fourth-order valence-electron chi connectivity index (χ4n) is 4.17. The van der Waals surface area contributed by atoms with Gasteiger partial charge in [-0.1, -0.05) is 78.1 Å². The molecule has 1 aromatic carbocycles. The molecule has 0 aliphatic heterocycles. The predicted octanol–water partition coefficient (Wildman–Crippen LogP) is 9.24. The van der Waals surface area contributed by atoms with Gasteiger partial charge in [0.2, 0.25) is 0 Å². The smallest absolute Gasteiger partial charge is 0.159 e. The first-order valence-electron chi connectivity index (χ1n) is 13.9. The van der Waals surface area contributed by atoms with Crippen molar-refractivity contribution in [1.29, 1.82) is 0 Å². The molecule has 2 atom stereocenters. The van der Waals surface area contributed by atoms with E-state index in [-0.39, 0.29) is 19.4 Å². The van der Waals surface area contributed by atoms with Crippen LogP contribution in [-0.2, 0) is 6.42 Å². The van der Waals surface area contributed by atoms with Gasteiger partial charge in [0.15, 0.2) is 5.82 Å². The molecule has 0 saturated heterocycles. The van der Waals surface area contributed by atoms with Gasteiger partial charge >= 0.3 is 0 Å². The number of rotatable bonds is 20. The fraction of sp³-hybridized carbons (Fsp3) is 0.667. The normalized spacial score (nSPS) is 13.0. The fourth-order valence-corrected chi connectivity index (χ4v) is 4.17. The van der Waals surface area contributed by atoms with Gasteiger partial charge in [-0.25, -0.2) is 18.7 Å². The Morgan fingerprint density at radius 1 is 0.686 bits per heavy atom. The Labute approximate surface area is 212 Å². The van der Waals surface area contributed by atoms with Gasteiger partial charge in [-0.15, -0.1) is 0 Å². The third kappa shape index (κ3) is 13.0. The number of unbranched alkanes of at least 4 members (excludes halogenated alkanes) is 9. The second-order valence-electron chi connectivity index (χ2n) is 9.74. The summed E-state index contributed by atoms with van der Waals surface area (Å²) in [6.07, 6.45) is 17.5. The van der Waals surface area contributed by atoms with Crippen molar-refractivity contribution in [3.8, 4) is 17.1 Å². The van der Waals surface area contributed by atoms with Gasteiger partial charge in [0.1, 0.15) is 24.7 Å². The predicted molar refractivity (Wildman–Crippen MR) is 142 cm³/mol. The average molecular weight is 489 g/mol. The molecule has 0 amide bonds. The maximum atomic E-state index is 14.0. The number of nitrogens with zero attached hydrogens (tertiary/aromatic N) is 2. The third-order valence-electron chi connectivity index (χ3n) is 6.48. The average Bonchev–Trinajstić information content (AvgIpc) is 2.89. The summed E-state index contributed by atoms with van der Waals surface area (Å²) < 4.78 is 33.3. The first-order valence-corrected chi connectivity index (χ1v) is 13.9. The van der Waals surface area contributed by atoms with E-state index in [0.29, 0.717) is 18.0 Å². The van der Waals surface area contributed by atoms with Crippen LogP contribution in [0.4, 0.5) is 8.78 Å². The lowest BCUT2D eigenvalue weighted by atomic mass is 10.1. The Morgan fingerprint density at radius 2 is 1.26 bits per heavy atom. The van der Waals surface area contributed by atoms with Crippen molar-refractivity contribution in [2.24, 2.45) is 0 Å². The monoisotopic (exact) mass is 488 g/mol. The van der Waals surface area contributed by atoms with Gasteiger partial charge in [-0.3, -0.25) is 0 Å². The molecule has 0 aliphatic carbocycles. The minimum Gasteiger partial charge on any atom is -0.491 e. The van der Waals surface area contributed by atoms with E-state index >= 15 is 0 Å². The highest BCUT2D eigenvalue weighted by molar-refractivity contribution is 5.55. The van der Waals surface area contributed by atoms with Gasteiger partial charge in [-0.2, -0.15) is 0 Å². The molecule has 2 rings (SSSR count). The van der Waals surface area contributed by atoms with Gasteiger partial charge in [-0.05, 0) is 61.9 Å². The molecule has 0 bridgehead atoms. The van der Waals surface area contributed by atoms with Crippen LogP contribution in [0, 0.1) is 0 Å². The lowest BCUT2D eigenvalue weighted by Gasteiger charge is -2.12. The number of ether oxygens (including phenoxy) is 1. The quantitative estimate of drug-likeness (QED) is 0.174. The van der Waals surface area contributed by atoms with Crippen LogP contribution >= 0.6 is 0 Å². The molecule has 3 nitrogen and oxygen atoms in total. The van der Waals surface area contributed by atoms with Gasteiger partial charge in [0, 0.05) is 18.0 Å². The summed E-state index contributed by atoms with van der Waals surface area (Å²) in [7, 11) is 0. The number of halogens is 2. The van der Waals surface area contributed by atoms with Gasteiger partial charge in [0.05, 0.1) is 0 Å². The van der Waals surface area contributed by atoms with Crippen molar-refractivity contribution < 1.29 is 13.5 Å². The van der Waals surface area contributed by atoms with Crippen molar-refractivity contribution in [2.75, 3.05) is 6.61 Å². The molecule has 0 spiro atoms. The van der Waals surface area contributed by atoms with Gasteiger partial charge in [0.25, 0.3) is 0 Å². The zero-order valence-electron chi connectivity index (χ0n) is 22.0. The summed E-state index contributed by atoms with van der Waals surface area (Å²) >= 11 is 0. The van der Waals surface area contributed by atoms with E-state index in [2.05, 4.69) is 16.9 Å². The minimum absolute atomic E-state index is 0.0517. The highest BCUT2D eigenvalue weighted by Gasteiger charge is 2.13. The number of benzene rings is 1. The molecule has 196 valence electrons. The molecule has 2 unspecified atom stereocenters. The number of alkyl halides is 2. The molecule has 0 fully saturated rings. The van der Waals surface area contributed by atoms with E-state index in [1.165, 1.54) is 63.4 Å². The Bertz CT molecular complexity index is 767. The summed E-state index contributed by atoms with van der Waals surface area (Å²) in [6.45, 7) is 4.24. The van der Waals surface area contributed by atoms with Crippen LogP contribution in [0.5, 0.6) is 5.75 Å². The van der Waals surface area contributed by atoms with Crippen LogP contribution in [0.2, 0.25) is 0 Å². The highest BCUT2D eigenvalue weighted by atomic mass is 19.1. The molecule has 1 aromatic heterocycles. The lowest BCUT2D eigenvalue weighted by Crippen LogP contribution is -2.15. The molecule has 0 radical (unpaired) electrons. The molecule has 35 heavy (non-hydrogen) atoms. The zero-order chi connectivity index (χ0) is 25.1. The van der Waals surface area contributed by atoms with Crippen LogP contribution in [0.25, 0.3) is 11.4 Å². The summed E-state index contributed by atoms with van der Waals surface area (Å²) in [5.41, 5.74) is 2.08. The van der Waals surface area contributed by atoms with Crippen molar-refractivity contribution in [3.05, 3.63) is 42.2 Å². The van der Waals surface area contributed by atoms with E-state index in [0.717, 1.165) is 24.8 Å². The van der Waals surface area contributed by atoms with E-state index in [1.54, 1.807) is 12.1 Å². The molecule has 1 heterocycles. The molecule has 0 N–H and O–H groups in total. The Kier molecular flexibility index (Phi) is 15.2. The number of aryl methyl sites for hydroxylation is 1.